The van der Waals surface area contributed by atoms with Crippen LogP contribution in [-0.4, -0.2) is 46.1 Å². The van der Waals surface area contributed by atoms with Gasteiger partial charge >= 0.3 is 17.8 Å². The highest BCUT2D eigenvalue weighted by atomic mass is 35.5. The van der Waals surface area contributed by atoms with E-state index in [0.29, 0.717) is 0 Å². The predicted octanol–water partition coefficient (Wildman–Crippen LogP) is 1.40. The molecule has 118 valence electrons. The first-order chi connectivity index (χ1) is 10.4. The van der Waals surface area contributed by atoms with Crippen molar-refractivity contribution in [1.29, 1.82) is 0 Å². The number of urea groups is 1. The highest BCUT2D eigenvalue weighted by molar-refractivity contribution is 6.45. The minimum Gasteiger partial charge on any atom is -0.346 e. The Morgan fingerprint density at radius 1 is 1.32 bits per heavy atom. The fourth-order valence-electron chi connectivity index (χ4n) is 2.92. The van der Waals surface area contributed by atoms with E-state index in [9.17, 15) is 18.8 Å². The summed E-state index contributed by atoms with van der Waals surface area (Å²) in [5.41, 5.74) is -1.45. The Morgan fingerprint density at radius 2 is 2.09 bits per heavy atom. The molecule has 4 amide bonds. The molecule has 1 heterocycles. The molecule has 3 aliphatic rings. The Kier molecular flexibility index (Phi) is 3.78. The van der Waals surface area contributed by atoms with Gasteiger partial charge in [0.2, 0.25) is 0 Å². The van der Waals surface area contributed by atoms with Gasteiger partial charge in [-0.3, -0.25) is 14.9 Å². The van der Waals surface area contributed by atoms with Gasteiger partial charge in [0.15, 0.2) is 5.72 Å². The first kappa shape index (κ1) is 15.2. The van der Waals surface area contributed by atoms with E-state index in [-0.39, 0.29) is 19.3 Å². The third-order valence-corrected chi connectivity index (χ3v) is 4.40. The Morgan fingerprint density at radius 3 is 2.59 bits per heavy atom. The molecule has 4 atom stereocenters. The SMILES string of the molecule is O=C1NC(=O)N(C2(OC3CC(F)CC3Cl)C=CC=CC2)C1=O. The van der Waals surface area contributed by atoms with E-state index >= 15 is 0 Å². The number of hydrogen-bond donors (Lipinski definition) is 1. The molecule has 0 aromatic carbocycles. The van der Waals surface area contributed by atoms with Crippen molar-refractivity contribution in [3.63, 3.8) is 0 Å². The van der Waals surface area contributed by atoms with Gasteiger partial charge in [0.25, 0.3) is 0 Å². The Bertz CT molecular complexity index is 593. The molecular formula is C14H14ClFN2O4. The summed E-state index contributed by atoms with van der Waals surface area (Å²) in [5.74, 6) is -2.00. The maximum atomic E-state index is 13.5. The summed E-state index contributed by atoms with van der Waals surface area (Å²) >= 11 is 6.08. The van der Waals surface area contributed by atoms with Gasteiger partial charge in [0.1, 0.15) is 6.17 Å². The van der Waals surface area contributed by atoms with Gasteiger partial charge in [0, 0.05) is 12.8 Å². The van der Waals surface area contributed by atoms with Crippen LogP contribution >= 0.6 is 11.6 Å². The average Bonchev–Trinajstić information content (AvgIpc) is 2.90. The van der Waals surface area contributed by atoms with Gasteiger partial charge in [-0.25, -0.2) is 14.1 Å². The van der Waals surface area contributed by atoms with Crippen LogP contribution in [0.15, 0.2) is 24.3 Å². The molecule has 0 aromatic rings. The number of ether oxygens (including phenoxy) is 1. The molecular weight excluding hydrogens is 315 g/mol. The summed E-state index contributed by atoms with van der Waals surface area (Å²) in [4.78, 5) is 36.1. The smallest absolute Gasteiger partial charge is 0.334 e. The molecule has 0 bridgehead atoms. The maximum absolute atomic E-state index is 13.5. The quantitative estimate of drug-likeness (QED) is 0.483. The van der Waals surface area contributed by atoms with Crippen LogP contribution in [0.3, 0.4) is 0 Å². The molecule has 1 aliphatic heterocycles. The largest absolute Gasteiger partial charge is 0.346 e. The number of halogens is 2. The molecule has 1 N–H and O–H groups in total. The van der Waals surface area contributed by atoms with Gasteiger partial charge in [-0.1, -0.05) is 18.2 Å². The van der Waals surface area contributed by atoms with Crippen molar-refractivity contribution in [2.24, 2.45) is 0 Å². The lowest BCUT2D eigenvalue weighted by atomic mass is 10.0. The number of nitrogens with zero attached hydrogens (tertiary/aromatic N) is 1. The van der Waals surface area contributed by atoms with E-state index in [1.807, 2.05) is 5.32 Å². The second-order valence-corrected chi connectivity index (χ2v) is 6.04. The van der Waals surface area contributed by atoms with Gasteiger partial charge in [-0.2, -0.15) is 0 Å². The molecule has 2 aliphatic carbocycles. The highest BCUT2D eigenvalue weighted by Gasteiger charge is 2.52. The summed E-state index contributed by atoms with van der Waals surface area (Å²) < 4.78 is 19.4. The van der Waals surface area contributed by atoms with E-state index in [0.717, 1.165) is 4.90 Å². The van der Waals surface area contributed by atoms with Gasteiger partial charge in [-0.05, 0) is 12.5 Å². The zero-order chi connectivity index (χ0) is 15.9. The van der Waals surface area contributed by atoms with Crippen molar-refractivity contribution in [2.45, 2.75) is 42.6 Å². The molecule has 3 rings (SSSR count). The van der Waals surface area contributed by atoms with E-state index in [1.54, 1.807) is 18.2 Å². The maximum Gasteiger partial charge on any atom is 0.334 e. The lowest BCUT2D eigenvalue weighted by Gasteiger charge is -2.39. The highest BCUT2D eigenvalue weighted by Crippen LogP contribution is 2.37. The third-order valence-electron chi connectivity index (χ3n) is 3.94. The third kappa shape index (κ3) is 2.44. The van der Waals surface area contributed by atoms with Crippen molar-refractivity contribution >= 4 is 29.4 Å². The number of carbonyl (C=O) groups is 3. The second-order valence-electron chi connectivity index (χ2n) is 5.48. The summed E-state index contributed by atoms with van der Waals surface area (Å²) in [6, 6.07) is -0.851. The van der Waals surface area contributed by atoms with E-state index in [4.69, 9.17) is 16.3 Å². The van der Waals surface area contributed by atoms with Crippen molar-refractivity contribution in [1.82, 2.24) is 10.2 Å². The molecule has 2 fully saturated rings. The molecule has 0 spiro atoms. The van der Waals surface area contributed by atoms with E-state index < -0.39 is 41.2 Å². The number of imide groups is 2. The van der Waals surface area contributed by atoms with E-state index in [2.05, 4.69) is 0 Å². The lowest BCUT2D eigenvalue weighted by molar-refractivity contribution is -0.162. The average molecular weight is 329 g/mol. The van der Waals surface area contributed by atoms with Crippen LogP contribution < -0.4 is 5.32 Å². The monoisotopic (exact) mass is 328 g/mol. The number of nitrogens with one attached hydrogen (secondary N) is 1. The first-order valence-electron chi connectivity index (χ1n) is 6.93. The van der Waals surface area contributed by atoms with Gasteiger partial charge < -0.3 is 4.74 Å². The Hall–Kier alpha value is -1.73. The van der Waals surface area contributed by atoms with Crippen molar-refractivity contribution < 1.29 is 23.5 Å². The number of carbonyl (C=O) groups excluding carboxylic acids is 3. The molecule has 0 aromatic heterocycles. The van der Waals surface area contributed by atoms with Crippen LogP contribution in [0.25, 0.3) is 0 Å². The van der Waals surface area contributed by atoms with Crippen LogP contribution in [0.4, 0.5) is 9.18 Å². The fraction of sp³-hybridized carbons (Fsp3) is 0.500. The van der Waals surface area contributed by atoms with Crippen molar-refractivity contribution in [3.05, 3.63) is 24.3 Å². The number of hydrogen-bond acceptors (Lipinski definition) is 4. The summed E-state index contributed by atoms with van der Waals surface area (Å²) in [7, 11) is 0. The molecule has 22 heavy (non-hydrogen) atoms. The first-order valence-corrected chi connectivity index (χ1v) is 7.36. The van der Waals surface area contributed by atoms with Crippen LogP contribution in [0.5, 0.6) is 0 Å². The molecule has 1 saturated heterocycles. The summed E-state index contributed by atoms with van der Waals surface area (Å²) in [6.45, 7) is 0. The van der Waals surface area contributed by atoms with Crippen LogP contribution in [-0.2, 0) is 14.3 Å². The number of amides is 4. The zero-order valence-electron chi connectivity index (χ0n) is 11.5. The number of allylic oxidation sites excluding steroid dienone is 2. The van der Waals surface area contributed by atoms with Crippen LogP contribution in [0.1, 0.15) is 19.3 Å². The molecule has 8 heteroatoms. The number of rotatable bonds is 3. The molecule has 6 nitrogen and oxygen atoms in total. The Labute approximate surface area is 130 Å². The zero-order valence-corrected chi connectivity index (χ0v) is 12.3. The van der Waals surface area contributed by atoms with Gasteiger partial charge in [-0.15, -0.1) is 11.6 Å². The number of alkyl halides is 2. The fourth-order valence-corrected chi connectivity index (χ4v) is 3.26. The van der Waals surface area contributed by atoms with Crippen LogP contribution in [0.2, 0.25) is 0 Å². The molecule has 1 saturated carbocycles. The second kappa shape index (κ2) is 5.48. The minimum absolute atomic E-state index is 0.0884. The summed E-state index contributed by atoms with van der Waals surface area (Å²) in [5, 5.41) is 1.38. The minimum atomic E-state index is -1.45. The van der Waals surface area contributed by atoms with Gasteiger partial charge in [0.05, 0.1) is 11.5 Å². The standard InChI is InChI=1S/C14H14ClFN2O4/c15-9-6-8(16)7-10(9)22-14(4-2-1-3-5-14)18-12(20)11(19)17-13(18)21/h1-4,8-10H,5-7H2,(H,17,19,21). The summed E-state index contributed by atoms with van der Waals surface area (Å²) in [6.07, 6.45) is 5.23. The predicted molar refractivity (Wildman–Crippen MR) is 74.7 cm³/mol. The molecule has 4 unspecified atom stereocenters. The normalized spacial score (nSPS) is 38.0. The van der Waals surface area contributed by atoms with E-state index in [1.165, 1.54) is 6.08 Å². The Balaban J connectivity index is 1.91. The van der Waals surface area contributed by atoms with Crippen molar-refractivity contribution in [3.8, 4) is 0 Å². The van der Waals surface area contributed by atoms with Crippen molar-refractivity contribution in [2.75, 3.05) is 0 Å². The van der Waals surface area contributed by atoms with Crippen LogP contribution in [0, 0.1) is 0 Å². The molecule has 0 radical (unpaired) electrons. The lowest BCUT2D eigenvalue weighted by Crippen LogP contribution is -2.55. The topological polar surface area (TPSA) is 75.7 Å².